The molecule has 0 aromatic carbocycles. The largest absolute Gasteiger partial charge is 0.467 e. The highest BCUT2D eigenvalue weighted by molar-refractivity contribution is 5.61. The van der Waals surface area contributed by atoms with Crippen LogP contribution in [0.15, 0.2) is 35.1 Å². The van der Waals surface area contributed by atoms with E-state index in [9.17, 15) is 0 Å². The fourth-order valence-electron chi connectivity index (χ4n) is 1.24. The number of aromatic amines is 1. The monoisotopic (exact) mass is 162 g/mol. The summed E-state index contributed by atoms with van der Waals surface area (Å²) >= 11 is 0. The van der Waals surface area contributed by atoms with Crippen molar-refractivity contribution in [3.05, 3.63) is 36.4 Å². The van der Waals surface area contributed by atoms with Crippen molar-refractivity contribution in [3.8, 4) is 11.3 Å². The molecular formula is C9H10N2O. The number of aromatic nitrogens is 1. The van der Waals surface area contributed by atoms with Gasteiger partial charge < -0.3 is 15.1 Å². The molecule has 62 valence electrons. The minimum Gasteiger partial charge on any atom is -0.467 e. The molecule has 2 rings (SSSR count). The SMILES string of the molecule is NCc1occc1-c1ccc[nH]1. The van der Waals surface area contributed by atoms with Crippen molar-refractivity contribution in [3.63, 3.8) is 0 Å². The summed E-state index contributed by atoms with van der Waals surface area (Å²) in [4.78, 5) is 3.10. The van der Waals surface area contributed by atoms with Gasteiger partial charge in [0.25, 0.3) is 0 Å². The van der Waals surface area contributed by atoms with E-state index in [1.165, 1.54) is 0 Å². The number of hydrogen-bond donors (Lipinski definition) is 2. The molecule has 12 heavy (non-hydrogen) atoms. The van der Waals surface area contributed by atoms with Gasteiger partial charge in [-0.05, 0) is 18.2 Å². The molecule has 0 aliphatic rings. The summed E-state index contributed by atoms with van der Waals surface area (Å²) < 4.78 is 5.19. The average Bonchev–Trinajstić information content (AvgIpc) is 2.74. The normalized spacial score (nSPS) is 10.4. The lowest BCUT2D eigenvalue weighted by Crippen LogP contribution is -1.95. The molecule has 0 unspecified atom stereocenters. The van der Waals surface area contributed by atoms with E-state index < -0.39 is 0 Å². The first kappa shape index (κ1) is 7.18. The number of hydrogen-bond acceptors (Lipinski definition) is 2. The first-order valence-electron chi connectivity index (χ1n) is 3.82. The van der Waals surface area contributed by atoms with E-state index >= 15 is 0 Å². The van der Waals surface area contributed by atoms with Gasteiger partial charge in [0.05, 0.1) is 12.8 Å². The maximum Gasteiger partial charge on any atom is 0.126 e. The molecule has 0 aliphatic carbocycles. The molecule has 0 aliphatic heterocycles. The predicted octanol–water partition coefficient (Wildman–Crippen LogP) is 1.73. The third-order valence-corrected chi connectivity index (χ3v) is 1.82. The number of nitrogens with one attached hydrogen (secondary N) is 1. The summed E-state index contributed by atoms with van der Waals surface area (Å²) in [6.45, 7) is 0.432. The minimum absolute atomic E-state index is 0.432. The molecule has 2 heterocycles. The van der Waals surface area contributed by atoms with Crippen molar-refractivity contribution in [2.75, 3.05) is 0 Å². The van der Waals surface area contributed by atoms with Gasteiger partial charge in [-0.15, -0.1) is 0 Å². The van der Waals surface area contributed by atoms with Crippen LogP contribution in [0.1, 0.15) is 5.76 Å². The molecule has 2 aromatic rings. The highest BCUT2D eigenvalue weighted by atomic mass is 16.3. The quantitative estimate of drug-likeness (QED) is 0.706. The van der Waals surface area contributed by atoms with Gasteiger partial charge in [-0.1, -0.05) is 0 Å². The summed E-state index contributed by atoms with van der Waals surface area (Å²) in [5, 5.41) is 0. The fourth-order valence-corrected chi connectivity index (χ4v) is 1.24. The van der Waals surface area contributed by atoms with Crippen LogP contribution >= 0.6 is 0 Å². The van der Waals surface area contributed by atoms with Gasteiger partial charge in [0.15, 0.2) is 0 Å². The Hall–Kier alpha value is -1.48. The zero-order chi connectivity index (χ0) is 8.39. The zero-order valence-electron chi connectivity index (χ0n) is 6.58. The Morgan fingerprint density at radius 2 is 2.33 bits per heavy atom. The van der Waals surface area contributed by atoms with Gasteiger partial charge >= 0.3 is 0 Å². The van der Waals surface area contributed by atoms with Crippen LogP contribution in [0.4, 0.5) is 0 Å². The number of nitrogens with two attached hydrogens (primary N) is 1. The van der Waals surface area contributed by atoms with Crippen molar-refractivity contribution < 1.29 is 4.42 Å². The lowest BCUT2D eigenvalue weighted by molar-refractivity contribution is 0.513. The average molecular weight is 162 g/mol. The standard InChI is InChI=1S/C9H10N2O/c10-6-9-7(3-5-12-9)8-2-1-4-11-8/h1-5,11H,6,10H2. The Morgan fingerprint density at radius 1 is 1.42 bits per heavy atom. The Balaban J connectivity index is 2.46. The molecule has 0 saturated heterocycles. The van der Waals surface area contributed by atoms with Crippen LogP contribution in [0.3, 0.4) is 0 Å². The molecule has 0 amide bonds. The molecule has 2 aromatic heterocycles. The van der Waals surface area contributed by atoms with E-state index in [-0.39, 0.29) is 0 Å². The third kappa shape index (κ3) is 1.04. The van der Waals surface area contributed by atoms with E-state index in [0.717, 1.165) is 17.0 Å². The van der Waals surface area contributed by atoms with Gasteiger partial charge in [-0.25, -0.2) is 0 Å². The Labute approximate surface area is 70.2 Å². The second-order valence-electron chi connectivity index (χ2n) is 2.55. The zero-order valence-corrected chi connectivity index (χ0v) is 6.58. The van der Waals surface area contributed by atoms with E-state index in [1.807, 2.05) is 24.4 Å². The van der Waals surface area contributed by atoms with Crippen molar-refractivity contribution in [1.29, 1.82) is 0 Å². The maximum absolute atomic E-state index is 5.49. The van der Waals surface area contributed by atoms with E-state index in [0.29, 0.717) is 6.54 Å². The molecule has 0 spiro atoms. The summed E-state index contributed by atoms with van der Waals surface area (Å²) in [7, 11) is 0. The first-order chi connectivity index (χ1) is 5.92. The van der Waals surface area contributed by atoms with Gasteiger partial charge in [-0.2, -0.15) is 0 Å². The van der Waals surface area contributed by atoms with Crippen molar-refractivity contribution >= 4 is 0 Å². The molecular weight excluding hydrogens is 152 g/mol. The summed E-state index contributed by atoms with van der Waals surface area (Å²) in [6, 6.07) is 5.85. The third-order valence-electron chi connectivity index (χ3n) is 1.82. The summed E-state index contributed by atoms with van der Waals surface area (Å²) in [5.74, 6) is 0.817. The summed E-state index contributed by atoms with van der Waals surface area (Å²) in [6.07, 6.45) is 3.53. The Bertz CT molecular complexity index is 348. The minimum atomic E-state index is 0.432. The maximum atomic E-state index is 5.49. The molecule has 0 atom stereocenters. The van der Waals surface area contributed by atoms with E-state index in [1.54, 1.807) is 6.26 Å². The predicted molar refractivity (Wildman–Crippen MR) is 46.4 cm³/mol. The van der Waals surface area contributed by atoms with Gasteiger partial charge in [0.2, 0.25) is 0 Å². The summed E-state index contributed by atoms with van der Waals surface area (Å²) in [5.41, 5.74) is 7.58. The van der Waals surface area contributed by atoms with Gasteiger partial charge in [-0.3, -0.25) is 0 Å². The van der Waals surface area contributed by atoms with E-state index in [4.69, 9.17) is 10.2 Å². The van der Waals surface area contributed by atoms with Crippen LogP contribution in [0.2, 0.25) is 0 Å². The number of H-pyrrole nitrogens is 1. The second kappa shape index (κ2) is 2.87. The number of rotatable bonds is 2. The highest BCUT2D eigenvalue weighted by Gasteiger charge is 2.06. The van der Waals surface area contributed by atoms with Crippen molar-refractivity contribution in [2.24, 2.45) is 5.73 Å². The fraction of sp³-hybridized carbons (Fsp3) is 0.111. The number of furan rings is 1. The van der Waals surface area contributed by atoms with Crippen LogP contribution in [-0.4, -0.2) is 4.98 Å². The smallest absolute Gasteiger partial charge is 0.126 e. The molecule has 0 radical (unpaired) electrons. The van der Waals surface area contributed by atoms with Crippen LogP contribution < -0.4 is 5.73 Å². The van der Waals surface area contributed by atoms with Crippen LogP contribution in [-0.2, 0) is 6.54 Å². The lowest BCUT2D eigenvalue weighted by atomic mass is 10.2. The van der Waals surface area contributed by atoms with Crippen molar-refractivity contribution in [2.45, 2.75) is 6.54 Å². The van der Waals surface area contributed by atoms with Crippen LogP contribution in [0.5, 0.6) is 0 Å². The highest BCUT2D eigenvalue weighted by Crippen LogP contribution is 2.22. The van der Waals surface area contributed by atoms with Crippen LogP contribution in [0.25, 0.3) is 11.3 Å². The molecule has 0 fully saturated rings. The molecule has 3 nitrogen and oxygen atoms in total. The first-order valence-corrected chi connectivity index (χ1v) is 3.82. The molecule has 0 bridgehead atoms. The lowest BCUT2D eigenvalue weighted by Gasteiger charge is -1.95. The topological polar surface area (TPSA) is 54.9 Å². The van der Waals surface area contributed by atoms with Crippen molar-refractivity contribution in [1.82, 2.24) is 4.98 Å². The van der Waals surface area contributed by atoms with E-state index in [2.05, 4.69) is 4.98 Å². The molecule has 3 heteroatoms. The van der Waals surface area contributed by atoms with Gasteiger partial charge in [0.1, 0.15) is 5.76 Å². The second-order valence-corrected chi connectivity index (χ2v) is 2.55. The van der Waals surface area contributed by atoms with Gasteiger partial charge in [0, 0.05) is 17.5 Å². The Kier molecular flexibility index (Phi) is 1.72. The molecule has 3 N–H and O–H groups in total. The molecule has 0 saturated carbocycles. The Morgan fingerprint density at radius 3 is 3.00 bits per heavy atom. The van der Waals surface area contributed by atoms with Crippen LogP contribution in [0, 0.1) is 0 Å².